The van der Waals surface area contributed by atoms with Crippen LogP contribution in [-0.2, 0) is 7.05 Å². The highest BCUT2D eigenvalue weighted by atomic mass is 16.6. The van der Waals surface area contributed by atoms with Crippen molar-refractivity contribution < 1.29 is 9.34 Å². The van der Waals surface area contributed by atoms with Crippen LogP contribution in [-0.4, -0.2) is 39.2 Å². The molecule has 0 amide bonds. The highest BCUT2D eigenvalue weighted by molar-refractivity contribution is 5.59. The molecule has 0 aliphatic carbocycles. The number of likely N-dealkylation sites (tertiary alicyclic amines) is 1. The first-order chi connectivity index (χ1) is 11.5. The first-order valence-electron chi connectivity index (χ1n) is 8.19. The highest BCUT2D eigenvalue weighted by Crippen LogP contribution is 2.30. The molecule has 0 bridgehead atoms. The molecule has 1 aliphatic rings. The van der Waals surface area contributed by atoms with Crippen LogP contribution in [0.2, 0.25) is 0 Å². The van der Waals surface area contributed by atoms with E-state index in [2.05, 4.69) is 15.3 Å². The Morgan fingerprint density at radius 2 is 2.08 bits per heavy atom. The quantitative estimate of drug-likeness (QED) is 0.646. The van der Waals surface area contributed by atoms with Gasteiger partial charge in [0.25, 0.3) is 0 Å². The number of nitro groups is 1. The lowest BCUT2D eigenvalue weighted by molar-refractivity contribution is -0.384. The number of hydrogen-bond donors (Lipinski definition) is 1. The summed E-state index contributed by atoms with van der Waals surface area (Å²) in [6.45, 7) is 6.13. The van der Waals surface area contributed by atoms with Gasteiger partial charge < -0.3 is 9.73 Å². The molecule has 1 N–H and O–H groups in total. The zero-order valence-corrected chi connectivity index (χ0v) is 14.3. The van der Waals surface area contributed by atoms with Crippen molar-refractivity contribution in [3.05, 3.63) is 39.5 Å². The summed E-state index contributed by atoms with van der Waals surface area (Å²) in [7, 11) is 1.71. The van der Waals surface area contributed by atoms with E-state index in [9.17, 15) is 10.1 Å². The molecule has 0 saturated carbocycles. The Hall–Kier alpha value is -2.35. The smallest absolute Gasteiger partial charge is 0.333 e. The van der Waals surface area contributed by atoms with Gasteiger partial charge in [-0.05, 0) is 51.9 Å². The van der Waals surface area contributed by atoms with Crippen LogP contribution in [0.15, 0.2) is 16.5 Å². The van der Waals surface area contributed by atoms with Crippen molar-refractivity contribution in [3.63, 3.8) is 0 Å². The minimum atomic E-state index is -0.382. The number of anilines is 1. The molecule has 3 heterocycles. The summed E-state index contributed by atoms with van der Waals surface area (Å²) in [5.41, 5.74) is 0.449. The van der Waals surface area contributed by atoms with Crippen molar-refractivity contribution in [2.45, 2.75) is 32.7 Å². The van der Waals surface area contributed by atoms with Gasteiger partial charge in [-0.2, -0.15) is 5.10 Å². The molecule has 1 atom stereocenters. The second kappa shape index (κ2) is 6.64. The third-order valence-electron chi connectivity index (χ3n) is 4.51. The second-order valence-electron chi connectivity index (χ2n) is 6.25. The first-order valence-corrected chi connectivity index (χ1v) is 8.19. The molecule has 8 nitrogen and oxygen atoms in total. The molecule has 0 aromatic carbocycles. The third kappa shape index (κ3) is 3.14. The summed E-state index contributed by atoms with van der Waals surface area (Å²) in [5.74, 6) is 2.20. The minimum absolute atomic E-state index is 0.0355. The van der Waals surface area contributed by atoms with Crippen molar-refractivity contribution in [1.82, 2.24) is 14.7 Å². The summed E-state index contributed by atoms with van der Waals surface area (Å²) in [5, 5.41) is 18.7. The van der Waals surface area contributed by atoms with E-state index in [1.807, 2.05) is 19.1 Å². The summed E-state index contributed by atoms with van der Waals surface area (Å²) >= 11 is 0. The van der Waals surface area contributed by atoms with E-state index in [4.69, 9.17) is 4.42 Å². The topological polar surface area (TPSA) is 89.4 Å². The van der Waals surface area contributed by atoms with Crippen molar-refractivity contribution >= 4 is 11.5 Å². The summed E-state index contributed by atoms with van der Waals surface area (Å²) < 4.78 is 7.35. The van der Waals surface area contributed by atoms with Gasteiger partial charge in [-0.1, -0.05) is 0 Å². The second-order valence-corrected chi connectivity index (χ2v) is 6.25. The third-order valence-corrected chi connectivity index (χ3v) is 4.51. The van der Waals surface area contributed by atoms with Crippen LogP contribution in [0.4, 0.5) is 11.5 Å². The van der Waals surface area contributed by atoms with E-state index in [0.29, 0.717) is 18.1 Å². The van der Waals surface area contributed by atoms with E-state index in [-0.39, 0.29) is 16.7 Å². The van der Waals surface area contributed by atoms with Crippen LogP contribution in [0.5, 0.6) is 0 Å². The van der Waals surface area contributed by atoms with E-state index in [1.165, 1.54) is 17.5 Å². The van der Waals surface area contributed by atoms with Crippen molar-refractivity contribution in [2.75, 3.05) is 25.0 Å². The fraction of sp³-hybridized carbons (Fsp3) is 0.562. The predicted octanol–water partition coefficient (Wildman–Crippen LogP) is 2.79. The Kier molecular flexibility index (Phi) is 4.57. The fourth-order valence-electron chi connectivity index (χ4n) is 3.35. The molecule has 24 heavy (non-hydrogen) atoms. The molecule has 8 heteroatoms. The van der Waals surface area contributed by atoms with E-state index in [0.717, 1.165) is 24.6 Å². The lowest BCUT2D eigenvalue weighted by Crippen LogP contribution is -2.31. The van der Waals surface area contributed by atoms with Crippen LogP contribution < -0.4 is 5.32 Å². The Balaban J connectivity index is 1.83. The van der Waals surface area contributed by atoms with Gasteiger partial charge in [-0.3, -0.25) is 15.0 Å². The fourth-order valence-corrected chi connectivity index (χ4v) is 3.35. The predicted molar refractivity (Wildman–Crippen MR) is 90.1 cm³/mol. The molecule has 1 aliphatic heterocycles. The lowest BCUT2D eigenvalue weighted by Gasteiger charge is -2.26. The first kappa shape index (κ1) is 16.5. The van der Waals surface area contributed by atoms with Gasteiger partial charge in [0.1, 0.15) is 17.2 Å². The maximum absolute atomic E-state index is 11.3. The molecule has 0 unspecified atom stereocenters. The van der Waals surface area contributed by atoms with Crippen LogP contribution in [0.25, 0.3) is 0 Å². The van der Waals surface area contributed by atoms with Gasteiger partial charge in [0.2, 0.25) is 5.82 Å². The van der Waals surface area contributed by atoms with Gasteiger partial charge in [0, 0.05) is 13.6 Å². The zero-order valence-electron chi connectivity index (χ0n) is 14.3. The molecule has 2 aromatic rings. The summed E-state index contributed by atoms with van der Waals surface area (Å²) in [4.78, 5) is 13.3. The lowest BCUT2D eigenvalue weighted by atomic mass is 10.2. The van der Waals surface area contributed by atoms with Crippen LogP contribution in [0.1, 0.15) is 36.1 Å². The van der Waals surface area contributed by atoms with Gasteiger partial charge in [-0.25, -0.2) is 4.68 Å². The normalized spacial score (nSPS) is 16.5. The molecular weight excluding hydrogens is 310 g/mol. The Morgan fingerprint density at radius 1 is 1.38 bits per heavy atom. The molecule has 0 radical (unpaired) electrons. The summed E-state index contributed by atoms with van der Waals surface area (Å²) in [6.07, 6.45) is 2.34. The van der Waals surface area contributed by atoms with Crippen molar-refractivity contribution in [3.8, 4) is 0 Å². The van der Waals surface area contributed by atoms with Crippen LogP contribution in [0, 0.1) is 24.0 Å². The van der Waals surface area contributed by atoms with Gasteiger partial charge >= 0.3 is 5.69 Å². The van der Waals surface area contributed by atoms with Gasteiger partial charge in [-0.15, -0.1) is 0 Å². The van der Waals surface area contributed by atoms with Crippen molar-refractivity contribution in [1.29, 1.82) is 0 Å². The average molecular weight is 333 g/mol. The van der Waals surface area contributed by atoms with E-state index >= 15 is 0 Å². The zero-order chi connectivity index (χ0) is 17.3. The Bertz CT molecular complexity index is 730. The van der Waals surface area contributed by atoms with E-state index < -0.39 is 0 Å². The largest absolute Gasteiger partial charge is 0.465 e. The summed E-state index contributed by atoms with van der Waals surface area (Å²) in [6, 6.07) is 3.99. The SMILES string of the molecule is Cc1ccc([C@H](CNc2c([N+](=O)[O-])c(C)nn2C)N2CCCC2)o1. The molecule has 130 valence electrons. The van der Waals surface area contributed by atoms with Crippen molar-refractivity contribution in [2.24, 2.45) is 7.05 Å². The number of nitrogens with zero attached hydrogens (tertiary/aromatic N) is 4. The molecule has 0 spiro atoms. The molecule has 2 aromatic heterocycles. The molecule has 1 saturated heterocycles. The molecule has 3 rings (SSSR count). The van der Waals surface area contributed by atoms with Gasteiger partial charge in [0.15, 0.2) is 0 Å². The number of aromatic nitrogens is 2. The average Bonchev–Trinajstić information content (AvgIpc) is 3.22. The highest BCUT2D eigenvalue weighted by Gasteiger charge is 2.29. The molecule has 1 fully saturated rings. The van der Waals surface area contributed by atoms with Crippen LogP contribution >= 0.6 is 0 Å². The number of furan rings is 1. The Morgan fingerprint density at radius 3 is 2.67 bits per heavy atom. The number of aryl methyl sites for hydroxylation is 3. The number of hydrogen-bond acceptors (Lipinski definition) is 6. The Labute approximate surface area is 140 Å². The standard InChI is InChI=1S/C16H23N5O3/c1-11-6-7-14(24-11)13(20-8-4-5-9-20)10-17-16-15(21(22)23)12(2)18-19(16)3/h6-7,13,17H,4-5,8-10H2,1-3H3/t13-/m0/s1. The maximum atomic E-state index is 11.3. The molecular formula is C16H23N5O3. The monoisotopic (exact) mass is 333 g/mol. The maximum Gasteiger partial charge on any atom is 0.333 e. The van der Waals surface area contributed by atoms with E-state index in [1.54, 1.807) is 14.0 Å². The number of rotatable bonds is 6. The van der Waals surface area contributed by atoms with Gasteiger partial charge in [0.05, 0.1) is 11.0 Å². The number of nitrogens with one attached hydrogen (secondary N) is 1. The van der Waals surface area contributed by atoms with Crippen LogP contribution in [0.3, 0.4) is 0 Å². The minimum Gasteiger partial charge on any atom is -0.465 e.